The number of hydrogen-bond donors (Lipinski definition) is 0. The van der Waals surface area contributed by atoms with E-state index in [1.54, 1.807) is 23.0 Å². The minimum Gasteiger partial charge on any atom is -0.491 e. The number of aromatic nitrogens is 2. The summed E-state index contributed by atoms with van der Waals surface area (Å²) in [6, 6.07) is 5.46. The van der Waals surface area contributed by atoms with E-state index in [1.807, 2.05) is 40.0 Å². The lowest BCUT2D eigenvalue weighted by Crippen LogP contribution is -2.10. The van der Waals surface area contributed by atoms with Gasteiger partial charge < -0.3 is 9.30 Å². The van der Waals surface area contributed by atoms with Gasteiger partial charge in [0.2, 0.25) is 5.78 Å². The lowest BCUT2D eigenvalue weighted by atomic mass is 10.1. The molecule has 0 saturated carbocycles. The maximum Gasteiger partial charge on any atom is 0.228 e. The molecule has 1 aromatic carbocycles. The van der Waals surface area contributed by atoms with Crippen LogP contribution in [0.3, 0.4) is 0 Å². The summed E-state index contributed by atoms with van der Waals surface area (Å²) >= 11 is 0. The zero-order valence-corrected chi connectivity index (χ0v) is 11.7. The average molecular weight is 258 g/mol. The molecule has 0 bridgehead atoms. The zero-order valence-electron chi connectivity index (χ0n) is 11.7. The van der Waals surface area contributed by atoms with Crippen molar-refractivity contribution in [2.45, 2.75) is 26.9 Å². The van der Waals surface area contributed by atoms with Crippen molar-refractivity contribution in [3.8, 4) is 5.75 Å². The van der Waals surface area contributed by atoms with Gasteiger partial charge in [-0.05, 0) is 44.5 Å². The van der Waals surface area contributed by atoms with Crippen molar-refractivity contribution < 1.29 is 9.53 Å². The highest BCUT2D eigenvalue weighted by Crippen LogP contribution is 2.21. The van der Waals surface area contributed by atoms with Gasteiger partial charge in [0.1, 0.15) is 5.75 Å². The summed E-state index contributed by atoms with van der Waals surface area (Å²) in [6.45, 7) is 5.89. The van der Waals surface area contributed by atoms with Crippen molar-refractivity contribution in [3.05, 3.63) is 47.5 Å². The number of ketones is 1. The first-order valence-electron chi connectivity index (χ1n) is 6.28. The highest BCUT2D eigenvalue weighted by Gasteiger charge is 2.15. The minimum absolute atomic E-state index is 0.0771. The molecule has 0 aliphatic heterocycles. The van der Waals surface area contributed by atoms with E-state index in [1.165, 1.54) is 0 Å². The fraction of sp³-hybridized carbons (Fsp3) is 0.333. The van der Waals surface area contributed by atoms with Crippen LogP contribution < -0.4 is 4.74 Å². The Morgan fingerprint density at radius 2 is 2.11 bits per heavy atom. The first-order chi connectivity index (χ1) is 8.99. The molecule has 2 rings (SSSR count). The van der Waals surface area contributed by atoms with Crippen LogP contribution in [0.4, 0.5) is 0 Å². The molecule has 0 aliphatic carbocycles. The standard InChI is InChI=1S/C15H18N2O2/c1-10(2)19-13-6-5-12(9-11(13)3)14(18)15-16-7-8-17(15)4/h5-10H,1-4H3. The Kier molecular flexibility index (Phi) is 3.69. The summed E-state index contributed by atoms with van der Waals surface area (Å²) < 4.78 is 7.38. The van der Waals surface area contributed by atoms with Gasteiger partial charge in [0, 0.05) is 25.0 Å². The topological polar surface area (TPSA) is 44.1 Å². The van der Waals surface area contributed by atoms with Crippen molar-refractivity contribution in [1.82, 2.24) is 9.55 Å². The zero-order chi connectivity index (χ0) is 14.0. The Hall–Kier alpha value is -2.10. The first kappa shape index (κ1) is 13.3. The fourth-order valence-electron chi connectivity index (χ4n) is 1.89. The number of rotatable bonds is 4. The predicted molar refractivity (Wildman–Crippen MR) is 73.6 cm³/mol. The summed E-state index contributed by atoms with van der Waals surface area (Å²) in [5.74, 6) is 1.18. The molecule has 4 heteroatoms. The summed E-state index contributed by atoms with van der Waals surface area (Å²) in [5, 5.41) is 0. The van der Waals surface area contributed by atoms with Gasteiger partial charge in [-0.1, -0.05) is 0 Å². The molecule has 0 spiro atoms. The van der Waals surface area contributed by atoms with Crippen LogP contribution in [0.1, 0.15) is 35.6 Å². The third kappa shape index (κ3) is 2.84. The van der Waals surface area contributed by atoms with Gasteiger partial charge in [0.25, 0.3) is 0 Å². The Morgan fingerprint density at radius 1 is 1.37 bits per heavy atom. The van der Waals surface area contributed by atoms with E-state index < -0.39 is 0 Å². The molecule has 1 heterocycles. The maximum absolute atomic E-state index is 12.3. The van der Waals surface area contributed by atoms with Crippen LogP contribution in [0.5, 0.6) is 5.75 Å². The van der Waals surface area contributed by atoms with Gasteiger partial charge in [-0.15, -0.1) is 0 Å². The molecule has 0 amide bonds. The number of ether oxygens (including phenoxy) is 1. The predicted octanol–water partition coefficient (Wildman–Crippen LogP) is 2.75. The van der Waals surface area contributed by atoms with E-state index in [2.05, 4.69) is 4.98 Å². The number of nitrogens with zero attached hydrogens (tertiary/aromatic N) is 2. The van der Waals surface area contributed by atoms with E-state index in [-0.39, 0.29) is 11.9 Å². The summed E-state index contributed by atoms with van der Waals surface area (Å²) in [7, 11) is 1.81. The molecule has 0 atom stereocenters. The molecular formula is C15H18N2O2. The van der Waals surface area contributed by atoms with Crippen LogP contribution in [-0.2, 0) is 7.05 Å². The maximum atomic E-state index is 12.3. The van der Waals surface area contributed by atoms with Gasteiger partial charge in [-0.2, -0.15) is 0 Å². The van der Waals surface area contributed by atoms with Gasteiger partial charge >= 0.3 is 0 Å². The quantitative estimate of drug-likeness (QED) is 0.792. The SMILES string of the molecule is Cc1cc(C(=O)c2nccn2C)ccc1OC(C)C. The smallest absolute Gasteiger partial charge is 0.228 e. The van der Waals surface area contributed by atoms with Gasteiger partial charge in [-0.3, -0.25) is 4.79 Å². The molecule has 2 aromatic rings. The average Bonchev–Trinajstić information content (AvgIpc) is 2.76. The fourth-order valence-corrected chi connectivity index (χ4v) is 1.89. The van der Waals surface area contributed by atoms with Crippen LogP contribution in [0.25, 0.3) is 0 Å². The third-order valence-corrected chi connectivity index (χ3v) is 2.82. The highest BCUT2D eigenvalue weighted by atomic mass is 16.5. The first-order valence-corrected chi connectivity index (χ1v) is 6.28. The number of benzene rings is 1. The summed E-state index contributed by atoms with van der Waals surface area (Å²) in [6.07, 6.45) is 3.50. The van der Waals surface area contributed by atoms with E-state index in [9.17, 15) is 4.79 Å². The van der Waals surface area contributed by atoms with Gasteiger partial charge in [0.15, 0.2) is 5.82 Å². The second-order valence-electron chi connectivity index (χ2n) is 4.84. The van der Waals surface area contributed by atoms with E-state index in [4.69, 9.17) is 4.74 Å². The summed E-state index contributed by atoms with van der Waals surface area (Å²) in [4.78, 5) is 16.4. The van der Waals surface area contributed by atoms with Crippen molar-refractivity contribution >= 4 is 5.78 Å². The molecule has 19 heavy (non-hydrogen) atoms. The van der Waals surface area contributed by atoms with E-state index in [0.717, 1.165) is 11.3 Å². The van der Waals surface area contributed by atoms with Crippen LogP contribution in [-0.4, -0.2) is 21.4 Å². The second kappa shape index (κ2) is 5.26. The number of imidazole rings is 1. The molecule has 1 aromatic heterocycles. The Balaban J connectivity index is 2.30. The number of hydrogen-bond acceptors (Lipinski definition) is 3. The van der Waals surface area contributed by atoms with Crippen LogP contribution in [0.15, 0.2) is 30.6 Å². The van der Waals surface area contributed by atoms with Crippen molar-refractivity contribution in [2.24, 2.45) is 7.05 Å². The molecule has 4 nitrogen and oxygen atoms in total. The van der Waals surface area contributed by atoms with E-state index in [0.29, 0.717) is 11.4 Å². The summed E-state index contributed by atoms with van der Waals surface area (Å²) in [5.41, 5.74) is 1.58. The molecule has 0 saturated heterocycles. The normalized spacial score (nSPS) is 10.8. The Labute approximate surface area is 113 Å². The molecule has 0 fully saturated rings. The molecule has 0 aliphatic rings. The molecule has 0 N–H and O–H groups in total. The minimum atomic E-state index is -0.0771. The van der Waals surface area contributed by atoms with Gasteiger partial charge in [0.05, 0.1) is 6.10 Å². The molecular weight excluding hydrogens is 240 g/mol. The third-order valence-electron chi connectivity index (χ3n) is 2.82. The number of aryl methyl sites for hydroxylation is 2. The Bertz CT molecular complexity index is 600. The van der Waals surface area contributed by atoms with E-state index >= 15 is 0 Å². The molecule has 100 valence electrons. The second-order valence-corrected chi connectivity index (χ2v) is 4.84. The van der Waals surface area contributed by atoms with Crippen LogP contribution in [0.2, 0.25) is 0 Å². The highest BCUT2D eigenvalue weighted by molar-refractivity contribution is 6.06. The van der Waals surface area contributed by atoms with Crippen LogP contribution >= 0.6 is 0 Å². The van der Waals surface area contributed by atoms with Crippen molar-refractivity contribution in [3.63, 3.8) is 0 Å². The lowest BCUT2D eigenvalue weighted by Gasteiger charge is -2.13. The van der Waals surface area contributed by atoms with Crippen molar-refractivity contribution in [2.75, 3.05) is 0 Å². The van der Waals surface area contributed by atoms with Crippen molar-refractivity contribution in [1.29, 1.82) is 0 Å². The lowest BCUT2D eigenvalue weighted by molar-refractivity contribution is 0.102. The number of carbonyl (C=O) groups is 1. The molecule has 0 radical (unpaired) electrons. The van der Waals surface area contributed by atoms with Crippen LogP contribution in [0, 0.1) is 6.92 Å². The monoisotopic (exact) mass is 258 g/mol. The molecule has 0 unspecified atom stereocenters. The largest absolute Gasteiger partial charge is 0.491 e. The Morgan fingerprint density at radius 3 is 2.63 bits per heavy atom. The number of carbonyl (C=O) groups excluding carboxylic acids is 1. The van der Waals surface area contributed by atoms with Gasteiger partial charge in [-0.25, -0.2) is 4.98 Å².